The van der Waals surface area contributed by atoms with Gasteiger partial charge in [0.25, 0.3) is 11.8 Å². The van der Waals surface area contributed by atoms with Crippen LogP contribution in [0.4, 0.5) is 10.5 Å². The van der Waals surface area contributed by atoms with E-state index in [1.807, 2.05) is 24.4 Å². The number of esters is 1. The van der Waals surface area contributed by atoms with Crippen molar-refractivity contribution in [3.63, 3.8) is 0 Å². The minimum absolute atomic E-state index is 0.0770. The lowest BCUT2D eigenvalue weighted by Gasteiger charge is -2.20. The molecule has 2 aromatic carbocycles. The standard InChI is InChI=1S/C37H38N4O7S/c1-20-16-21(19-38-36(45)48-37(2,3)4)6-10-28(20)41-33(42)26-17-27-30(47-14-12-22-13-15-49-32(22)27)18-25(26)24-9-11-29(34(43)39-23-7-8-23)40-31(24)35(44)46-5/h6,9-11,13,15-18,23H,7-8,12,14,19H2,1-5H3,(H,38,45)(H,39,43)(H,41,42). The van der Waals surface area contributed by atoms with Crippen molar-refractivity contribution in [2.45, 2.75) is 65.1 Å². The van der Waals surface area contributed by atoms with Crippen molar-refractivity contribution in [1.29, 1.82) is 0 Å². The summed E-state index contributed by atoms with van der Waals surface area (Å²) in [4.78, 5) is 57.8. The Hall–Kier alpha value is -5.23. The number of alkyl carbamates (subject to hydrolysis) is 1. The first-order valence-electron chi connectivity index (χ1n) is 16.1. The zero-order valence-corrected chi connectivity index (χ0v) is 28.8. The van der Waals surface area contributed by atoms with Gasteiger partial charge in [-0.3, -0.25) is 9.59 Å². The number of nitrogens with zero attached hydrogens (tertiary/aromatic N) is 1. The van der Waals surface area contributed by atoms with Gasteiger partial charge in [0.1, 0.15) is 17.0 Å². The first-order valence-corrected chi connectivity index (χ1v) is 16.9. The SMILES string of the molecule is COC(=O)c1nc(C(=O)NC2CC2)ccc1-c1cc2c(cc1C(=O)Nc1ccc(CNC(=O)OC(C)(C)C)cc1C)-c1sccc1CCO2. The molecule has 1 fully saturated rings. The number of aryl methyl sites for hydroxylation is 1. The molecular formula is C37H38N4O7S. The summed E-state index contributed by atoms with van der Waals surface area (Å²) in [5.74, 6) is -0.982. The van der Waals surface area contributed by atoms with E-state index in [1.165, 1.54) is 7.11 Å². The molecule has 3 N–H and O–H groups in total. The van der Waals surface area contributed by atoms with Gasteiger partial charge in [-0.15, -0.1) is 11.3 Å². The van der Waals surface area contributed by atoms with Crippen LogP contribution in [0.25, 0.3) is 21.6 Å². The summed E-state index contributed by atoms with van der Waals surface area (Å²) < 4.78 is 16.6. The number of hydrogen-bond donors (Lipinski definition) is 3. The topological polar surface area (TPSA) is 145 Å². The molecule has 2 aliphatic rings. The third-order valence-corrected chi connectivity index (χ3v) is 9.06. The Morgan fingerprint density at radius 2 is 1.78 bits per heavy atom. The smallest absolute Gasteiger partial charge is 0.407 e. The summed E-state index contributed by atoms with van der Waals surface area (Å²) in [6, 6.07) is 14.3. The second-order valence-corrected chi connectivity index (χ2v) is 14.0. The fourth-order valence-corrected chi connectivity index (χ4v) is 6.50. The molecule has 49 heavy (non-hydrogen) atoms. The molecule has 3 amide bonds. The minimum Gasteiger partial charge on any atom is -0.493 e. The van der Waals surface area contributed by atoms with Gasteiger partial charge in [0.05, 0.1) is 13.7 Å². The molecule has 2 aromatic heterocycles. The van der Waals surface area contributed by atoms with Crippen LogP contribution in [-0.4, -0.2) is 54.2 Å². The highest BCUT2D eigenvalue weighted by Crippen LogP contribution is 2.43. The molecule has 1 aliphatic heterocycles. The molecule has 0 saturated heterocycles. The highest BCUT2D eigenvalue weighted by molar-refractivity contribution is 7.13. The highest BCUT2D eigenvalue weighted by Gasteiger charge is 2.29. The maximum atomic E-state index is 14.2. The number of fused-ring (bicyclic) bond motifs is 3. The Bertz CT molecular complexity index is 1960. The van der Waals surface area contributed by atoms with Gasteiger partial charge in [-0.25, -0.2) is 14.6 Å². The Kier molecular flexibility index (Phi) is 9.42. The number of ether oxygens (including phenoxy) is 3. The van der Waals surface area contributed by atoms with Crippen molar-refractivity contribution in [2.75, 3.05) is 19.0 Å². The zero-order valence-electron chi connectivity index (χ0n) is 28.0. The van der Waals surface area contributed by atoms with Crippen LogP contribution in [-0.2, 0) is 22.4 Å². The maximum Gasteiger partial charge on any atom is 0.407 e. The number of pyridine rings is 1. The fourth-order valence-electron chi connectivity index (χ4n) is 5.52. The van der Waals surface area contributed by atoms with Crippen molar-refractivity contribution in [3.8, 4) is 27.3 Å². The first kappa shape index (κ1) is 33.7. The molecule has 11 nitrogen and oxygen atoms in total. The molecule has 1 aliphatic carbocycles. The number of carbonyl (C=O) groups excluding carboxylic acids is 4. The largest absolute Gasteiger partial charge is 0.493 e. The predicted octanol–water partition coefficient (Wildman–Crippen LogP) is 6.68. The normalized spacial score (nSPS) is 13.6. The Morgan fingerprint density at radius 1 is 0.980 bits per heavy atom. The number of thiophene rings is 1. The molecule has 0 bridgehead atoms. The van der Waals surface area contributed by atoms with E-state index in [4.69, 9.17) is 14.2 Å². The van der Waals surface area contributed by atoms with Gasteiger partial charge >= 0.3 is 12.1 Å². The van der Waals surface area contributed by atoms with Crippen LogP contribution in [0.1, 0.15) is 81.6 Å². The van der Waals surface area contributed by atoms with Gasteiger partial charge in [-0.2, -0.15) is 0 Å². The third kappa shape index (κ3) is 7.75. The predicted molar refractivity (Wildman–Crippen MR) is 186 cm³/mol. The molecule has 4 aromatic rings. The molecule has 0 unspecified atom stereocenters. The third-order valence-electron chi connectivity index (χ3n) is 8.07. The number of benzene rings is 2. The number of aromatic nitrogens is 1. The van der Waals surface area contributed by atoms with Gasteiger partial charge < -0.3 is 30.2 Å². The number of amides is 3. The van der Waals surface area contributed by atoms with Crippen LogP contribution in [0, 0.1) is 6.92 Å². The summed E-state index contributed by atoms with van der Waals surface area (Å²) in [7, 11) is 1.24. The second-order valence-electron chi connectivity index (χ2n) is 13.1. The summed E-state index contributed by atoms with van der Waals surface area (Å²) in [6.45, 7) is 7.95. The molecule has 0 atom stereocenters. The first-order chi connectivity index (χ1) is 23.4. The molecular weight excluding hydrogens is 644 g/mol. The molecule has 1 saturated carbocycles. The quantitative estimate of drug-likeness (QED) is 0.175. The van der Waals surface area contributed by atoms with Crippen LogP contribution in [0.2, 0.25) is 0 Å². The highest BCUT2D eigenvalue weighted by atomic mass is 32.1. The Labute approximate surface area is 288 Å². The van der Waals surface area contributed by atoms with E-state index in [0.29, 0.717) is 35.6 Å². The Morgan fingerprint density at radius 3 is 2.49 bits per heavy atom. The number of methoxy groups -OCH3 is 1. The number of rotatable bonds is 8. The van der Waals surface area contributed by atoms with Gasteiger partial charge in [-0.1, -0.05) is 12.1 Å². The van der Waals surface area contributed by atoms with E-state index in [-0.39, 0.29) is 35.4 Å². The second kappa shape index (κ2) is 13.7. The van der Waals surface area contributed by atoms with Crippen molar-refractivity contribution in [2.24, 2.45) is 0 Å². The van der Waals surface area contributed by atoms with Crippen LogP contribution in [0.15, 0.2) is 53.9 Å². The number of anilines is 1. The van der Waals surface area contributed by atoms with Gasteiger partial charge in [0.15, 0.2) is 5.69 Å². The minimum atomic E-state index is -0.745. The average molecular weight is 683 g/mol. The summed E-state index contributed by atoms with van der Waals surface area (Å²) in [5.41, 5.74) is 4.43. The molecule has 6 rings (SSSR count). The van der Waals surface area contributed by atoms with Crippen LogP contribution in [0.5, 0.6) is 5.75 Å². The van der Waals surface area contributed by atoms with E-state index in [1.54, 1.807) is 62.4 Å². The summed E-state index contributed by atoms with van der Waals surface area (Å²) in [6.07, 6.45) is 1.99. The Balaban J connectivity index is 1.37. The van der Waals surface area contributed by atoms with Crippen molar-refractivity contribution in [3.05, 3.63) is 87.6 Å². The van der Waals surface area contributed by atoms with E-state index < -0.39 is 23.6 Å². The lowest BCUT2D eigenvalue weighted by Crippen LogP contribution is -2.32. The fraction of sp³-hybridized carbons (Fsp3) is 0.324. The number of hydrogen-bond acceptors (Lipinski definition) is 9. The lowest BCUT2D eigenvalue weighted by molar-refractivity contribution is 0.0522. The van der Waals surface area contributed by atoms with Crippen molar-refractivity contribution < 1.29 is 33.4 Å². The maximum absolute atomic E-state index is 14.2. The van der Waals surface area contributed by atoms with Crippen molar-refractivity contribution >= 4 is 40.9 Å². The summed E-state index contributed by atoms with van der Waals surface area (Å²) in [5, 5.41) is 10.7. The molecule has 0 spiro atoms. The van der Waals surface area contributed by atoms with Gasteiger partial charge in [-0.05, 0) is 99.0 Å². The molecule has 12 heteroatoms. The zero-order chi connectivity index (χ0) is 34.9. The van der Waals surface area contributed by atoms with Gasteiger partial charge in [0.2, 0.25) is 0 Å². The summed E-state index contributed by atoms with van der Waals surface area (Å²) >= 11 is 1.57. The average Bonchev–Trinajstić information content (AvgIpc) is 3.80. The van der Waals surface area contributed by atoms with Crippen LogP contribution in [0.3, 0.4) is 0 Å². The van der Waals surface area contributed by atoms with Crippen LogP contribution >= 0.6 is 11.3 Å². The number of nitrogens with one attached hydrogen (secondary N) is 3. The van der Waals surface area contributed by atoms with Crippen molar-refractivity contribution in [1.82, 2.24) is 15.6 Å². The lowest BCUT2D eigenvalue weighted by atomic mass is 9.93. The van der Waals surface area contributed by atoms with E-state index in [2.05, 4.69) is 27.0 Å². The molecule has 254 valence electrons. The number of carbonyl (C=O) groups is 4. The van der Waals surface area contributed by atoms with Gasteiger partial charge in [0, 0.05) is 51.8 Å². The molecule has 0 radical (unpaired) electrons. The van der Waals surface area contributed by atoms with E-state index in [0.717, 1.165) is 40.0 Å². The molecule has 3 heterocycles. The van der Waals surface area contributed by atoms with Crippen LogP contribution < -0.4 is 20.7 Å². The van der Waals surface area contributed by atoms with E-state index >= 15 is 0 Å². The monoisotopic (exact) mass is 682 g/mol. The van der Waals surface area contributed by atoms with E-state index in [9.17, 15) is 19.2 Å².